The minimum atomic E-state index is -0.0454. The third kappa shape index (κ3) is 5.52. The molecule has 2 N–H and O–H groups in total. The fourth-order valence-electron chi connectivity index (χ4n) is 2.02. The molecule has 0 unspecified atom stereocenters. The van der Waals surface area contributed by atoms with Gasteiger partial charge >= 0.3 is 0 Å². The molecule has 0 bridgehead atoms. The van der Waals surface area contributed by atoms with Gasteiger partial charge in [0.25, 0.3) is 0 Å². The van der Waals surface area contributed by atoms with Crippen LogP contribution in [-0.2, 0) is 5.41 Å². The lowest BCUT2D eigenvalue weighted by molar-refractivity contribution is 0.546. The summed E-state index contributed by atoms with van der Waals surface area (Å²) in [6.45, 7) is 14.9. The normalized spacial score (nSPS) is 11.5. The van der Waals surface area contributed by atoms with Gasteiger partial charge in [0, 0.05) is 24.1 Å². The second-order valence-corrected chi connectivity index (χ2v) is 6.68. The molecule has 0 amide bonds. The highest BCUT2D eigenvalue weighted by Gasteiger charge is 2.21. The number of hydrogen-bond donors (Lipinski definition) is 2. The lowest BCUT2D eigenvalue weighted by atomic mass is 9.95. The zero-order valence-electron chi connectivity index (χ0n) is 14.6. The van der Waals surface area contributed by atoms with Gasteiger partial charge in [-0.25, -0.2) is 9.97 Å². The third-order valence-corrected chi connectivity index (χ3v) is 3.43. The summed E-state index contributed by atoms with van der Waals surface area (Å²) in [5.74, 6) is 2.84. The highest BCUT2D eigenvalue weighted by atomic mass is 15.1. The van der Waals surface area contributed by atoms with Crippen molar-refractivity contribution in [1.29, 1.82) is 0 Å². The average Bonchev–Trinajstić information content (AvgIpc) is 2.42. The minimum absolute atomic E-state index is 0.0454. The Morgan fingerprint density at radius 2 is 1.43 bits per heavy atom. The monoisotopic (exact) mass is 292 g/mol. The maximum absolute atomic E-state index is 4.75. The number of nitrogens with zero attached hydrogens (tertiary/aromatic N) is 2. The van der Waals surface area contributed by atoms with Crippen LogP contribution in [0.5, 0.6) is 0 Å². The minimum Gasteiger partial charge on any atom is -0.370 e. The van der Waals surface area contributed by atoms with Crippen molar-refractivity contribution < 1.29 is 0 Å². The fourth-order valence-corrected chi connectivity index (χ4v) is 2.02. The number of unbranched alkanes of at least 4 members (excludes halogenated alkanes) is 2. The van der Waals surface area contributed by atoms with E-state index in [1.165, 1.54) is 19.3 Å². The molecule has 0 saturated carbocycles. The first-order valence-electron chi connectivity index (χ1n) is 8.27. The van der Waals surface area contributed by atoms with Gasteiger partial charge in [-0.15, -0.1) is 0 Å². The van der Waals surface area contributed by atoms with Crippen molar-refractivity contribution in [3.05, 3.63) is 11.4 Å². The first-order valence-corrected chi connectivity index (χ1v) is 8.27. The summed E-state index contributed by atoms with van der Waals surface area (Å²) in [6, 6.07) is 0. The molecule has 0 aliphatic rings. The van der Waals surface area contributed by atoms with Gasteiger partial charge in [0.2, 0.25) is 0 Å². The van der Waals surface area contributed by atoms with E-state index in [1.54, 1.807) is 0 Å². The molecule has 0 radical (unpaired) electrons. The quantitative estimate of drug-likeness (QED) is 0.692. The smallest absolute Gasteiger partial charge is 0.138 e. The van der Waals surface area contributed by atoms with E-state index in [4.69, 9.17) is 9.97 Å². The van der Waals surface area contributed by atoms with Crippen molar-refractivity contribution in [3.8, 4) is 0 Å². The van der Waals surface area contributed by atoms with Gasteiger partial charge in [0.05, 0.1) is 0 Å². The largest absolute Gasteiger partial charge is 0.370 e. The Morgan fingerprint density at radius 1 is 0.857 bits per heavy atom. The fraction of sp³-hybridized carbons (Fsp3) is 0.765. The molecule has 0 spiro atoms. The zero-order valence-corrected chi connectivity index (χ0v) is 14.6. The van der Waals surface area contributed by atoms with Crippen molar-refractivity contribution in [1.82, 2.24) is 9.97 Å². The van der Waals surface area contributed by atoms with Crippen molar-refractivity contribution in [3.63, 3.8) is 0 Å². The van der Waals surface area contributed by atoms with E-state index in [-0.39, 0.29) is 5.41 Å². The van der Waals surface area contributed by atoms with Gasteiger partial charge in [-0.05, 0) is 19.8 Å². The van der Waals surface area contributed by atoms with Crippen LogP contribution in [0.15, 0.2) is 0 Å². The lowest BCUT2D eigenvalue weighted by Crippen LogP contribution is -2.20. The molecule has 0 atom stereocenters. The van der Waals surface area contributed by atoms with Gasteiger partial charge in [-0.1, -0.05) is 47.5 Å². The molecule has 0 saturated heterocycles. The number of rotatable bonds is 8. The first-order chi connectivity index (χ1) is 9.90. The SMILES string of the molecule is CCCCCNc1nc(C(C)(C)C)nc(NCCC)c1C. The maximum atomic E-state index is 4.75. The summed E-state index contributed by atoms with van der Waals surface area (Å²) in [5.41, 5.74) is 1.07. The Morgan fingerprint density at radius 3 is 1.90 bits per heavy atom. The molecule has 21 heavy (non-hydrogen) atoms. The van der Waals surface area contributed by atoms with Crippen LogP contribution in [0.25, 0.3) is 0 Å². The Labute approximate surface area is 130 Å². The Balaban J connectivity index is 2.97. The molecular weight excluding hydrogens is 260 g/mol. The summed E-state index contributed by atoms with van der Waals surface area (Å²) < 4.78 is 0. The molecule has 4 nitrogen and oxygen atoms in total. The number of anilines is 2. The van der Waals surface area contributed by atoms with E-state index in [2.05, 4.69) is 52.2 Å². The van der Waals surface area contributed by atoms with E-state index < -0.39 is 0 Å². The second kappa shape index (κ2) is 8.20. The predicted octanol–water partition coefficient (Wildman–Crippen LogP) is 4.51. The molecule has 0 aliphatic carbocycles. The molecule has 0 fully saturated rings. The van der Waals surface area contributed by atoms with Crippen molar-refractivity contribution in [2.45, 2.75) is 72.6 Å². The predicted molar refractivity (Wildman–Crippen MR) is 92.3 cm³/mol. The van der Waals surface area contributed by atoms with E-state index in [0.29, 0.717) is 0 Å². The maximum Gasteiger partial charge on any atom is 0.138 e. The van der Waals surface area contributed by atoms with E-state index in [1.807, 2.05) is 0 Å². The number of aromatic nitrogens is 2. The molecule has 1 rings (SSSR count). The highest BCUT2D eigenvalue weighted by molar-refractivity contribution is 5.57. The number of hydrogen-bond acceptors (Lipinski definition) is 4. The number of nitrogens with one attached hydrogen (secondary N) is 2. The van der Waals surface area contributed by atoms with E-state index in [9.17, 15) is 0 Å². The molecule has 1 aromatic heterocycles. The molecule has 120 valence electrons. The molecule has 0 aliphatic heterocycles. The topological polar surface area (TPSA) is 49.8 Å². The first kappa shape index (κ1) is 17.7. The summed E-state index contributed by atoms with van der Waals surface area (Å²) in [4.78, 5) is 9.47. The van der Waals surface area contributed by atoms with E-state index >= 15 is 0 Å². The highest BCUT2D eigenvalue weighted by Crippen LogP contribution is 2.26. The average molecular weight is 292 g/mol. The molecule has 1 heterocycles. The van der Waals surface area contributed by atoms with Crippen LogP contribution in [0, 0.1) is 6.92 Å². The molecule has 1 aromatic rings. The van der Waals surface area contributed by atoms with Gasteiger partial charge < -0.3 is 10.6 Å². The molecule has 0 aromatic carbocycles. The lowest BCUT2D eigenvalue weighted by Gasteiger charge is -2.21. The van der Waals surface area contributed by atoms with Crippen molar-refractivity contribution in [2.24, 2.45) is 0 Å². The summed E-state index contributed by atoms with van der Waals surface area (Å²) in [5, 5.41) is 6.91. The Kier molecular flexibility index (Phi) is 6.93. The molecule has 4 heteroatoms. The summed E-state index contributed by atoms with van der Waals surface area (Å²) in [6.07, 6.45) is 4.77. The van der Waals surface area contributed by atoms with Crippen LogP contribution < -0.4 is 10.6 Å². The van der Waals surface area contributed by atoms with Gasteiger partial charge in [0.1, 0.15) is 17.5 Å². The summed E-state index contributed by atoms with van der Waals surface area (Å²) in [7, 11) is 0. The van der Waals surface area contributed by atoms with Crippen LogP contribution in [0.4, 0.5) is 11.6 Å². The van der Waals surface area contributed by atoms with Crippen molar-refractivity contribution in [2.75, 3.05) is 23.7 Å². The van der Waals surface area contributed by atoms with Crippen LogP contribution in [0.2, 0.25) is 0 Å². The van der Waals surface area contributed by atoms with Crippen LogP contribution >= 0.6 is 0 Å². The standard InChI is InChI=1S/C17H32N4/c1-7-9-10-12-19-15-13(3)14(18-11-8-2)20-16(21-15)17(4,5)6/h7-12H2,1-6H3,(H2,18,19,20,21). The second-order valence-electron chi connectivity index (χ2n) is 6.68. The van der Waals surface area contributed by atoms with Crippen LogP contribution in [0.3, 0.4) is 0 Å². The van der Waals surface area contributed by atoms with Crippen LogP contribution in [-0.4, -0.2) is 23.1 Å². The van der Waals surface area contributed by atoms with E-state index in [0.717, 1.165) is 42.5 Å². The van der Waals surface area contributed by atoms with Crippen LogP contribution in [0.1, 0.15) is 71.7 Å². The Hall–Kier alpha value is -1.32. The zero-order chi connectivity index (χ0) is 15.9. The van der Waals surface area contributed by atoms with Gasteiger partial charge in [0.15, 0.2) is 0 Å². The van der Waals surface area contributed by atoms with Crippen molar-refractivity contribution >= 4 is 11.6 Å². The van der Waals surface area contributed by atoms with Gasteiger partial charge in [-0.3, -0.25) is 0 Å². The summed E-state index contributed by atoms with van der Waals surface area (Å²) >= 11 is 0. The Bertz CT molecular complexity index is 435. The molecular formula is C17H32N4. The third-order valence-electron chi connectivity index (χ3n) is 3.43. The van der Waals surface area contributed by atoms with Gasteiger partial charge in [-0.2, -0.15) is 0 Å².